The van der Waals surface area contributed by atoms with Crippen LogP contribution in [0.2, 0.25) is 0 Å². The topological polar surface area (TPSA) is 54.9 Å². The van der Waals surface area contributed by atoms with E-state index >= 15 is 0 Å². The SMILES string of the molecule is C[C@H](Sc1nncs1)C(=O)N[C@H](C)c1ccccc1. The molecule has 1 N–H and O–H groups in total. The number of nitrogens with one attached hydrogen (secondary N) is 1. The summed E-state index contributed by atoms with van der Waals surface area (Å²) in [5.41, 5.74) is 2.77. The van der Waals surface area contributed by atoms with Crippen LogP contribution in [0.3, 0.4) is 0 Å². The van der Waals surface area contributed by atoms with Crippen molar-refractivity contribution >= 4 is 29.0 Å². The molecule has 0 saturated heterocycles. The lowest BCUT2D eigenvalue weighted by atomic mass is 10.1. The fraction of sp³-hybridized carbons (Fsp3) is 0.308. The zero-order valence-corrected chi connectivity index (χ0v) is 12.4. The summed E-state index contributed by atoms with van der Waals surface area (Å²) in [6.45, 7) is 3.86. The van der Waals surface area contributed by atoms with Gasteiger partial charge in [-0.1, -0.05) is 53.4 Å². The molecular formula is C13H15N3OS2. The Morgan fingerprint density at radius 2 is 2.05 bits per heavy atom. The van der Waals surface area contributed by atoms with Crippen molar-refractivity contribution in [1.29, 1.82) is 0 Å². The van der Waals surface area contributed by atoms with Crippen LogP contribution in [0.25, 0.3) is 0 Å². The molecule has 0 aliphatic carbocycles. The van der Waals surface area contributed by atoms with Gasteiger partial charge in [0, 0.05) is 0 Å². The molecule has 0 fully saturated rings. The molecule has 1 amide bonds. The molecule has 4 nitrogen and oxygen atoms in total. The van der Waals surface area contributed by atoms with Gasteiger partial charge in [-0.2, -0.15) is 0 Å². The second-order valence-electron chi connectivity index (χ2n) is 4.11. The largest absolute Gasteiger partial charge is 0.349 e. The van der Waals surface area contributed by atoms with E-state index in [4.69, 9.17) is 0 Å². The van der Waals surface area contributed by atoms with Crippen LogP contribution in [0.15, 0.2) is 40.2 Å². The summed E-state index contributed by atoms with van der Waals surface area (Å²) in [7, 11) is 0. The zero-order chi connectivity index (χ0) is 13.7. The van der Waals surface area contributed by atoms with Crippen molar-refractivity contribution < 1.29 is 4.79 Å². The fourth-order valence-corrected chi connectivity index (χ4v) is 3.21. The summed E-state index contributed by atoms with van der Waals surface area (Å²) >= 11 is 2.87. The summed E-state index contributed by atoms with van der Waals surface area (Å²) in [6, 6.07) is 9.92. The van der Waals surface area contributed by atoms with Gasteiger partial charge in [0.25, 0.3) is 0 Å². The number of carbonyl (C=O) groups is 1. The van der Waals surface area contributed by atoms with Gasteiger partial charge in [-0.05, 0) is 19.4 Å². The van der Waals surface area contributed by atoms with E-state index in [9.17, 15) is 4.79 Å². The molecule has 2 atom stereocenters. The van der Waals surface area contributed by atoms with Crippen LogP contribution in [0.1, 0.15) is 25.5 Å². The summed E-state index contributed by atoms with van der Waals surface area (Å²) in [6.07, 6.45) is 0. The van der Waals surface area contributed by atoms with Crippen LogP contribution < -0.4 is 5.32 Å². The molecular weight excluding hydrogens is 278 g/mol. The van der Waals surface area contributed by atoms with Crippen molar-refractivity contribution in [2.75, 3.05) is 0 Å². The molecule has 0 aliphatic heterocycles. The highest BCUT2D eigenvalue weighted by molar-refractivity contribution is 8.02. The average molecular weight is 293 g/mol. The summed E-state index contributed by atoms with van der Waals surface area (Å²) in [4.78, 5) is 12.1. The van der Waals surface area contributed by atoms with E-state index in [2.05, 4.69) is 15.5 Å². The van der Waals surface area contributed by atoms with E-state index in [0.29, 0.717) is 0 Å². The highest BCUT2D eigenvalue weighted by atomic mass is 32.2. The zero-order valence-electron chi connectivity index (χ0n) is 10.7. The first kappa shape index (κ1) is 14.0. The number of amides is 1. The Hall–Kier alpha value is -1.40. The molecule has 1 aromatic carbocycles. The van der Waals surface area contributed by atoms with Crippen molar-refractivity contribution in [3.8, 4) is 0 Å². The Balaban J connectivity index is 1.90. The number of hydrogen-bond acceptors (Lipinski definition) is 5. The van der Waals surface area contributed by atoms with Crippen molar-refractivity contribution in [2.45, 2.75) is 29.5 Å². The van der Waals surface area contributed by atoms with Crippen molar-refractivity contribution in [3.05, 3.63) is 41.4 Å². The van der Waals surface area contributed by atoms with Gasteiger partial charge < -0.3 is 5.32 Å². The first-order valence-electron chi connectivity index (χ1n) is 5.95. The Morgan fingerprint density at radius 3 is 2.68 bits per heavy atom. The molecule has 100 valence electrons. The van der Waals surface area contributed by atoms with Gasteiger partial charge in [-0.3, -0.25) is 4.79 Å². The minimum absolute atomic E-state index is 0.00571. The molecule has 0 radical (unpaired) electrons. The van der Waals surface area contributed by atoms with Crippen LogP contribution in [-0.2, 0) is 4.79 Å². The molecule has 6 heteroatoms. The number of rotatable bonds is 5. The maximum absolute atomic E-state index is 12.1. The van der Waals surface area contributed by atoms with E-state index in [1.54, 1.807) is 5.51 Å². The van der Waals surface area contributed by atoms with Gasteiger partial charge in [0.2, 0.25) is 5.91 Å². The lowest BCUT2D eigenvalue weighted by molar-refractivity contribution is -0.120. The Bertz CT molecular complexity index is 516. The second-order valence-corrected chi connectivity index (χ2v) is 6.53. The Kier molecular flexibility index (Phi) is 4.93. The minimum Gasteiger partial charge on any atom is -0.349 e. The molecule has 1 heterocycles. The van der Waals surface area contributed by atoms with Gasteiger partial charge in [0.15, 0.2) is 4.34 Å². The van der Waals surface area contributed by atoms with Crippen molar-refractivity contribution in [1.82, 2.24) is 15.5 Å². The number of aromatic nitrogens is 2. The van der Waals surface area contributed by atoms with Crippen LogP contribution in [0, 0.1) is 0 Å². The number of carbonyl (C=O) groups excluding carboxylic acids is 1. The van der Waals surface area contributed by atoms with Gasteiger partial charge in [0.05, 0.1) is 11.3 Å². The number of hydrogen-bond donors (Lipinski definition) is 1. The second kappa shape index (κ2) is 6.68. The minimum atomic E-state index is -0.181. The highest BCUT2D eigenvalue weighted by Crippen LogP contribution is 2.24. The van der Waals surface area contributed by atoms with Crippen LogP contribution >= 0.6 is 23.1 Å². The van der Waals surface area contributed by atoms with E-state index in [1.807, 2.05) is 44.2 Å². The van der Waals surface area contributed by atoms with Crippen LogP contribution in [0.5, 0.6) is 0 Å². The number of benzene rings is 1. The molecule has 1 aromatic heterocycles. The summed E-state index contributed by atoms with van der Waals surface area (Å²) < 4.78 is 0.815. The van der Waals surface area contributed by atoms with E-state index in [-0.39, 0.29) is 17.2 Å². The molecule has 2 aromatic rings. The fourth-order valence-electron chi connectivity index (χ4n) is 1.57. The number of thioether (sulfide) groups is 1. The third-order valence-corrected chi connectivity index (χ3v) is 4.56. The normalized spacial score (nSPS) is 13.8. The maximum Gasteiger partial charge on any atom is 0.233 e. The quantitative estimate of drug-likeness (QED) is 0.861. The lowest BCUT2D eigenvalue weighted by Gasteiger charge is -2.16. The smallest absolute Gasteiger partial charge is 0.233 e. The van der Waals surface area contributed by atoms with Gasteiger partial charge in [-0.25, -0.2) is 0 Å². The Morgan fingerprint density at radius 1 is 1.32 bits per heavy atom. The van der Waals surface area contributed by atoms with E-state index < -0.39 is 0 Å². The standard InChI is InChI=1S/C13H15N3OS2/c1-9(11-6-4-3-5-7-11)15-12(17)10(2)19-13-16-14-8-18-13/h3-10H,1-2H3,(H,15,17)/t9-,10+/m1/s1. The number of nitrogens with zero attached hydrogens (tertiary/aromatic N) is 2. The molecule has 0 aliphatic rings. The first-order valence-corrected chi connectivity index (χ1v) is 7.71. The van der Waals surface area contributed by atoms with Crippen molar-refractivity contribution in [2.24, 2.45) is 0 Å². The molecule has 0 spiro atoms. The Labute approximate surface area is 120 Å². The summed E-state index contributed by atoms with van der Waals surface area (Å²) in [5, 5.41) is 10.5. The van der Waals surface area contributed by atoms with Gasteiger partial charge >= 0.3 is 0 Å². The maximum atomic E-state index is 12.1. The third kappa shape index (κ3) is 4.04. The van der Waals surface area contributed by atoms with Crippen LogP contribution in [-0.4, -0.2) is 21.4 Å². The molecule has 2 rings (SSSR count). The average Bonchev–Trinajstić information content (AvgIpc) is 2.92. The highest BCUT2D eigenvalue weighted by Gasteiger charge is 2.18. The monoisotopic (exact) mass is 293 g/mol. The lowest BCUT2D eigenvalue weighted by Crippen LogP contribution is -2.33. The van der Waals surface area contributed by atoms with Gasteiger partial charge in [0.1, 0.15) is 5.51 Å². The van der Waals surface area contributed by atoms with Gasteiger partial charge in [-0.15, -0.1) is 10.2 Å². The third-order valence-electron chi connectivity index (χ3n) is 2.65. The predicted molar refractivity (Wildman–Crippen MR) is 78.2 cm³/mol. The summed E-state index contributed by atoms with van der Waals surface area (Å²) in [5.74, 6) is 0.0107. The van der Waals surface area contributed by atoms with Crippen LogP contribution in [0.4, 0.5) is 0 Å². The molecule has 0 bridgehead atoms. The first-order chi connectivity index (χ1) is 9.16. The van der Waals surface area contributed by atoms with E-state index in [0.717, 1.165) is 9.90 Å². The molecule has 0 saturated carbocycles. The molecule has 0 unspecified atom stereocenters. The molecule has 19 heavy (non-hydrogen) atoms. The van der Waals surface area contributed by atoms with Crippen molar-refractivity contribution in [3.63, 3.8) is 0 Å². The van der Waals surface area contributed by atoms with E-state index in [1.165, 1.54) is 23.1 Å². The predicted octanol–water partition coefficient (Wildman–Crippen LogP) is 2.90.